The Bertz CT molecular complexity index is 1400. The summed E-state index contributed by atoms with van der Waals surface area (Å²) in [5.41, 5.74) is 3.42. The number of furan rings is 1. The van der Waals surface area contributed by atoms with Crippen LogP contribution in [0.3, 0.4) is 0 Å². The fraction of sp³-hybridized carbons (Fsp3) is 0.375. The third kappa shape index (κ3) is 5.68. The molecule has 2 heterocycles. The number of rotatable bonds is 9. The first-order valence-corrected chi connectivity index (χ1v) is 10.9. The number of aryl methyl sites for hydroxylation is 4. The van der Waals surface area contributed by atoms with Crippen molar-refractivity contribution in [3.63, 3.8) is 0 Å². The molecule has 35 heavy (non-hydrogen) atoms. The summed E-state index contributed by atoms with van der Waals surface area (Å²) in [4.78, 5) is 58.3. The molecule has 0 unspecified atom stereocenters. The van der Waals surface area contributed by atoms with Crippen LogP contribution in [0.1, 0.15) is 34.4 Å². The number of carboxylic acid groups (broad SMARTS) is 1. The normalized spacial score (nSPS) is 11.0. The van der Waals surface area contributed by atoms with E-state index >= 15 is 0 Å². The number of amides is 3. The first-order valence-electron chi connectivity index (χ1n) is 10.9. The maximum Gasteiger partial charge on any atom is 0.339 e. The van der Waals surface area contributed by atoms with E-state index in [1.807, 2.05) is 32.2 Å². The molecule has 3 N–H and O–H groups in total. The number of aliphatic carboxylic acids is 1. The molecule has 0 aliphatic carbocycles. The Balaban J connectivity index is 1.63. The molecule has 2 aromatic heterocycles. The first kappa shape index (κ1) is 25.5. The van der Waals surface area contributed by atoms with Gasteiger partial charge in [0.2, 0.25) is 17.7 Å². The van der Waals surface area contributed by atoms with Crippen LogP contribution in [0.25, 0.3) is 21.9 Å². The summed E-state index contributed by atoms with van der Waals surface area (Å²) >= 11 is 0. The molecule has 0 atom stereocenters. The van der Waals surface area contributed by atoms with E-state index in [0.29, 0.717) is 22.3 Å². The van der Waals surface area contributed by atoms with Gasteiger partial charge in [-0.3, -0.25) is 14.4 Å². The van der Waals surface area contributed by atoms with Gasteiger partial charge in [0.15, 0.2) is 0 Å². The monoisotopic (exact) mass is 484 g/mol. The highest BCUT2D eigenvalue weighted by Crippen LogP contribution is 2.34. The molecule has 11 heteroatoms. The Morgan fingerprint density at radius 1 is 0.771 bits per heavy atom. The van der Waals surface area contributed by atoms with Crippen molar-refractivity contribution in [3.8, 4) is 0 Å². The van der Waals surface area contributed by atoms with Crippen LogP contribution >= 0.6 is 0 Å². The number of nitrogens with one attached hydrogen (secondary N) is 3. The van der Waals surface area contributed by atoms with E-state index in [1.54, 1.807) is 6.92 Å². The average molecular weight is 484 g/mol. The minimum absolute atomic E-state index is 0.0540. The zero-order valence-corrected chi connectivity index (χ0v) is 19.9. The van der Waals surface area contributed by atoms with Crippen molar-refractivity contribution < 1.29 is 33.1 Å². The predicted octanol–water partition coefficient (Wildman–Crippen LogP) is -0.196. The van der Waals surface area contributed by atoms with Gasteiger partial charge in [0, 0.05) is 28.3 Å². The molecule has 0 aliphatic heterocycles. The van der Waals surface area contributed by atoms with E-state index in [1.165, 1.54) is 0 Å². The lowest BCUT2D eigenvalue weighted by Gasteiger charge is -2.10. The Morgan fingerprint density at radius 3 is 1.94 bits per heavy atom. The van der Waals surface area contributed by atoms with Crippen molar-refractivity contribution in [2.45, 2.75) is 40.5 Å². The number of benzene rings is 1. The molecule has 0 saturated carbocycles. The van der Waals surface area contributed by atoms with E-state index in [4.69, 9.17) is 8.83 Å². The molecule has 3 aromatic rings. The van der Waals surface area contributed by atoms with Crippen molar-refractivity contribution >= 4 is 45.6 Å². The van der Waals surface area contributed by atoms with Gasteiger partial charge >= 0.3 is 5.63 Å². The van der Waals surface area contributed by atoms with Gasteiger partial charge in [0.1, 0.15) is 16.9 Å². The zero-order valence-electron chi connectivity index (χ0n) is 19.9. The lowest BCUT2D eigenvalue weighted by molar-refractivity contribution is -0.304. The maximum absolute atomic E-state index is 12.7. The van der Waals surface area contributed by atoms with Gasteiger partial charge in [-0.15, -0.1) is 0 Å². The molecule has 0 fully saturated rings. The van der Waals surface area contributed by atoms with Crippen LogP contribution in [0.15, 0.2) is 19.7 Å². The second kappa shape index (κ2) is 10.4. The van der Waals surface area contributed by atoms with Crippen molar-refractivity contribution in [1.29, 1.82) is 0 Å². The third-order valence-corrected chi connectivity index (χ3v) is 5.87. The van der Waals surface area contributed by atoms with E-state index in [-0.39, 0.29) is 19.4 Å². The Kier molecular flexibility index (Phi) is 7.58. The molecular weight excluding hydrogens is 458 g/mol. The number of hydrogen-bond donors (Lipinski definition) is 3. The molecule has 0 aliphatic rings. The smallest absolute Gasteiger partial charge is 0.339 e. The number of carboxylic acids is 1. The summed E-state index contributed by atoms with van der Waals surface area (Å²) in [7, 11) is 0. The summed E-state index contributed by atoms with van der Waals surface area (Å²) in [6, 6.07) is 1.93. The van der Waals surface area contributed by atoms with Crippen LogP contribution in [0.2, 0.25) is 0 Å². The summed E-state index contributed by atoms with van der Waals surface area (Å²) in [5.74, 6) is -2.47. The molecule has 0 bridgehead atoms. The number of hydrogen-bond acceptors (Lipinski definition) is 8. The predicted molar refractivity (Wildman–Crippen MR) is 124 cm³/mol. The van der Waals surface area contributed by atoms with Crippen LogP contribution < -0.4 is 26.7 Å². The molecule has 1 aromatic carbocycles. The van der Waals surface area contributed by atoms with Crippen LogP contribution in [0.5, 0.6) is 0 Å². The van der Waals surface area contributed by atoms with Crippen molar-refractivity contribution in [2.24, 2.45) is 0 Å². The second-order valence-electron chi connectivity index (χ2n) is 8.23. The summed E-state index contributed by atoms with van der Waals surface area (Å²) in [6.07, 6.45) is 0.0607. The van der Waals surface area contributed by atoms with Crippen LogP contribution in [-0.4, -0.2) is 43.3 Å². The van der Waals surface area contributed by atoms with E-state index in [9.17, 15) is 29.1 Å². The standard InChI is InChI=1S/C24H27N3O8/c1-11-14(4)34-22-13(3)23-17(7-16(11)22)12(2)15(24(33)35-23)5-6-18(28)25-8-19(29)26-9-20(30)27-10-21(31)32/h7H,5-6,8-10H2,1-4H3,(H,25,28)(H,26,29)(H,27,30)(H,31,32)/p-1. The number of carbonyl (C=O) groups is 4. The SMILES string of the molecule is Cc1oc2c(C)c3oc(=O)c(CCC(=O)NCC(=O)NCC(=O)NCC(=O)[O-])c(C)c3cc2c1C. The first-order chi connectivity index (χ1) is 16.5. The van der Waals surface area contributed by atoms with Gasteiger partial charge in [-0.2, -0.15) is 0 Å². The Labute approximate surface area is 199 Å². The van der Waals surface area contributed by atoms with Crippen molar-refractivity contribution in [2.75, 3.05) is 19.6 Å². The minimum atomic E-state index is -1.46. The highest BCUT2D eigenvalue weighted by atomic mass is 16.4. The molecule has 186 valence electrons. The second-order valence-corrected chi connectivity index (χ2v) is 8.23. The average Bonchev–Trinajstić information content (AvgIpc) is 3.09. The summed E-state index contributed by atoms with van der Waals surface area (Å²) < 4.78 is 11.4. The number of carbonyl (C=O) groups excluding carboxylic acids is 4. The van der Waals surface area contributed by atoms with Crippen LogP contribution in [0, 0.1) is 27.7 Å². The van der Waals surface area contributed by atoms with Crippen molar-refractivity contribution in [3.05, 3.63) is 44.5 Å². The van der Waals surface area contributed by atoms with E-state index < -0.39 is 42.4 Å². The quantitative estimate of drug-likeness (QED) is 0.351. The Morgan fingerprint density at radius 2 is 1.31 bits per heavy atom. The molecular formula is C24H26N3O8-. The highest BCUT2D eigenvalue weighted by molar-refractivity contribution is 6.00. The number of fused-ring (bicyclic) bond motifs is 2. The highest BCUT2D eigenvalue weighted by Gasteiger charge is 2.19. The minimum Gasteiger partial charge on any atom is -0.548 e. The fourth-order valence-corrected chi connectivity index (χ4v) is 3.76. The van der Waals surface area contributed by atoms with Gasteiger partial charge in [-0.05, 0) is 51.3 Å². The molecule has 0 spiro atoms. The van der Waals surface area contributed by atoms with Crippen LogP contribution in [-0.2, 0) is 25.6 Å². The molecule has 3 amide bonds. The zero-order chi connectivity index (χ0) is 25.9. The van der Waals surface area contributed by atoms with Gasteiger partial charge in [-0.1, -0.05) is 0 Å². The maximum atomic E-state index is 12.7. The summed E-state index contributed by atoms with van der Waals surface area (Å²) in [5, 5.41) is 18.7. The van der Waals surface area contributed by atoms with Gasteiger partial charge in [0.05, 0.1) is 25.6 Å². The fourth-order valence-electron chi connectivity index (χ4n) is 3.76. The third-order valence-electron chi connectivity index (χ3n) is 5.87. The van der Waals surface area contributed by atoms with Gasteiger partial charge < -0.3 is 34.7 Å². The molecule has 0 saturated heterocycles. The van der Waals surface area contributed by atoms with Gasteiger partial charge in [-0.25, -0.2) is 4.79 Å². The van der Waals surface area contributed by atoms with E-state index in [2.05, 4.69) is 10.6 Å². The largest absolute Gasteiger partial charge is 0.548 e. The van der Waals surface area contributed by atoms with Crippen LogP contribution in [0.4, 0.5) is 0 Å². The summed E-state index contributed by atoms with van der Waals surface area (Å²) in [6.45, 7) is 5.98. The molecule has 0 radical (unpaired) electrons. The lowest BCUT2D eigenvalue weighted by Crippen LogP contribution is -2.44. The lowest BCUT2D eigenvalue weighted by atomic mass is 9.98. The van der Waals surface area contributed by atoms with E-state index in [0.717, 1.165) is 27.7 Å². The molecule has 11 nitrogen and oxygen atoms in total. The topological polar surface area (TPSA) is 171 Å². The molecule has 3 rings (SSSR count). The van der Waals surface area contributed by atoms with Gasteiger partial charge in [0.25, 0.3) is 0 Å². The Hall–Kier alpha value is -4.15. The van der Waals surface area contributed by atoms with Crippen molar-refractivity contribution in [1.82, 2.24) is 16.0 Å².